The van der Waals surface area contributed by atoms with Gasteiger partial charge in [0.2, 0.25) is 18.1 Å². The maximum atomic E-state index is 12.2. The molecule has 0 radical (unpaired) electrons. The molecule has 23 heavy (non-hydrogen) atoms. The lowest BCUT2D eigenvalue weighted by Crippen LogP contribution is -2.29. The van der Waals surface area contributed by atoms with Gasteiger partial charge in [-0.3, -0.25) is 19.9 Å². The lowest BCUT2D eigenvalue weighted by Gasteiger charge is -2.17. The highest BCUT2D eigenvalue weighted by molar-refractivity contribution is 5.93. The number of fused-ring (bicyclic) bond motifs is 1. The van der Waals surface area contributed by atoms with E-state index in [1.54, 1.807) is 20.8 Å². The number of hydrogen-bond acceptors (Lipinski definition) is 7. The first-order valence-corrected chi connectivity index (χ1v) is 6.90. The standard InChI is InChI=1S/C14H19N5O4/c1-14(2,3)12(21)19-13-17-9-8(10(20)18-13)16-7(6-15-9)11(22-4)23-5/h6,11H,1-5H3,(H2,15,17,18,19,20,21). The number of carbonyl (C=O) groups is 1. The van der Waals surface area contributed by atoms with E-state index in [0.29, 0.717) is 5.69 Å². The van der Waals surface area contributed by atoms with E-state index in [0.717, 1.165) is 0 Å². The number of ether oxygens (including phenoxy) is 2. The van der Waals surface area contributed by atoms with E-state index in [4.69, 9.17) is 9.47 Å². The van der Waals surface area contributed by atoms with E-state index in [-0.39, 0.29) is 23.0 Å². The molecule has 1 amide bonds. The molecular weight excluding hydrogens is 302 g/mol. The fourth-order valence-corrected chi connectivity index (χ4v) is 1.74. The summed E-state index contributed by atoms with van der Waals surface area (Å²) in [6.07, 6.45) is 0.675. The zero-order valence-electron chi connectivity index (χ0n) is 13.6. The van der Waals surface area contributed by atoms with Crippen molar-refractivity contribution >= 4 is 23.0 Å². The second kappa shape index (κ2) is 6.39. The molecule has 0 aliphatic heterocycles. The number of anilines is 1. The second-order valence-corrected chi connectivity index (χ2v) is 5.89. The zero-order chi connectivity index (χ0) is 17.2. The Labute approximate surface area is 132 Å². The summed E-state index contributed by atoms with van der Waals surface area (Å²) in [5.41, 5.74) is -0.628. The molecule has 2 aromatic rings. The molecule has 2 heterocycles. The summed E-state index contributed by atoms with van der Waals surface area (Å²) in [5, 5.41) is 2.55. The number of carbonyl (C=O) groups excluding carboxylic acids is 1. The highest BCUT2D eigenvalue weighted by atomic mass is 16.7. The van der Waals surface area contributed by atoms with Crippen molar-refractivity contribution in [1.29, 1.82) is 0 Å². The van der Waals surface area contributed by atoms with Crippen LogP contribution in [0.3, 0.4) is 0 Å². The molecule has 124 valence electrons. The molecule has 0 atom stereocenters. The molecule has 0 saturated carbocycles. The number of nitrogens with one attached hydrogen (secondary N) is 2. The first-order chi connectivity index (χ1) is 10.8. The molecule has 2 rings (SSSR count). The van der Waals surface area contributed by atoms with Crippen LogP contribution in [0.1, 0.15) is 32.8 Å². The minimum atomic E-state index is -0.730. The van der Waals surface area contributed by atoms with Crippen molar-refractivity contribution in [3.8, 4) is 0 Å². The topological polar surface area (TPSA) is 119 Å². The number of H-pyrrole nitrogens is 1. The molecule has 0 unspecified atom stereocenters. The third-order valence-electron chi connectivity index (χ3n) is 3.02. The Morgan fingerprint density at radius 3 is 2.48 bits per heavy atom. The minimum absolute atomic E-state index is 0.0273. The van der Waals surface area contributed by atoms with Crippen molar-refractivity contribution in [1.82, 2.24) is 19.9 Å². The average Bonchev–Trinajstić information content (AvgIpc) is 2.48. The fourth-order valence-electron chi connectivity index (χ4n) is 1.74. The van der Waals surface area contributed by atoms with Crippen molar-refractivity contribution in [2.45, 2.75) is 27.1 Å². The van der Waals surface area contributed by atoms with Crippen LogP contribution in [0.25, 0.3) is 11.2 Å². The molecule has 0 spiro atoms. The molecule has 0 aliphatic rings. The van der Waals surface area contributed by atoms with Gasteiger partial charge in [-0.05, 0) is 0 Å². The monoisotopic (exact) mass is 321 g/mol. The smallest absolute Gasteiger partial charge is 0.280 e. The molecule has 0 aromatic carbocycles. The summed E-state index contributed by atoms with van der Waals surface area (Å²) in [6.45, 7) is 5.26. The van der Waals surface area contributed by atoms with Gasteiger partial charge in [0.1, 0.15) is 5.69 Å². The molecule has 9 heteroatoms. The van der Waals surface area contributed by atoms with Crippen molar-refractivity contribution in [3.05, 3.63) is 22.2 Å². The van der Waals surface area contributed by atoms with E-state index in [1.807, 2.05) is 0 Å². The highest BCUT2D eigenvalue weighted by Crippen LogP contribution is 2.17. The summed E-state index contributed by atoms with van der Waals surface area (Å²) in [4.78, 5) is 38.9. The minimum Gasteiger partial charge on any atom is -0.350 e. The summed E-state index contributed by atoms with van der Waals surface area (Å²) >= 11 is 0. The van der Waals surface area contributed by atoms with Crippen LogP contribution in [0, 0.1) is 5.41 Å². The van der Waals surface area contributed by atoms with Gasteiger partial charge in [-0.25, -0.2) is 9.97 Å². The molecule has 0 bridgehead atoms. The number of aromatic nitrogens is 4. The van der Waals surface area contributed by atoms with Gasteiger partial charge in [-0.1, -0.05) is 20.8 Å². The fraction of sp³-hybridized carbons (Fsp3) is 0.500. The number of amides is 1. The largest absolute Gasteiger partial charge is 0.350 e. The van der Waals surface area contributed by atoms with Crippen molar-refractivity contribution < 1.29 is 14.3 Å². The SMILES string of the molecule is COC(OC)c1cnc2nc(NC(=O)C(C)(C)C)[nH]c(=O)c2n1. The molecule has 0 fully saturated rings. The van der Waals surface area contributed by atoms with E-state index in [2.05, 4.69) is 25.3 Å². The van der Waals surface area contributed by atoms with Gasteiger partial charge in [0.05, 0.1) is 6.20 Å². The van der Waals surface area contributed by atoms with Gasteiger partial charge in [0, 0.05) is 19.6 Å². The first kappa shape index (κ1) is 17.0. The van der Waals surface area contributed by atoms with Crippen LogP contribution >= 0.6 is 0 Å². The maximum absolute atomic E-state index is 12.2. The quantitative estimate of drug-likeness (QED) is 0.806. The molecule has 2 aromatic heterocycles. The predicted molar refractivity (Wildman–Crippen MR) is 82.8 cm³/mol. The first-order valence-electron chi connectivity index (χ1n) is 6.90. The molecule has 9 nitrogen and oxygen atoms in total. The highest BCUT2D eigenvalue weighted by Gasteiger charge is 2.22. The Morgan fingerprint density at radius 1 is 1.26 bits per heavy atom. The average molecular weight is 321 g/mol. The van der Waals surface area contributed by atoms with Gasteiger partial charge in [-0.2, -0.15) is 4.98 Å². The van der Waals surface area contributed by atoms with Crippen molar-refractivity contribution in [2.75, 3.05) is 19.5 Å². The predicted octanol–water partition coefficient (Wildman–Crippen LogP) is 0.989. The van der Waals surface area contributed by atoms with E-state index in [1.165, 1.54) is 20.4 Å². The normalized spacial score (nSPS) is 11.9. The number of methoxy groups -OCH3 is 2. The summed E-state index contributed by atoms with van der Waals surface area (Å²) < 4.78 is 10.1. The summed E-state index contributed by atoms with van der Waals surface area (Å²) in [6, 6.07) is 0. The van der Waals surface area contributed by atoms with E-state index < -0.39 is 17.3 Å². The number of aromatic amines is 1. The Hall–Kier alpha value is -2.39. The Kier molecular flexibility index (Phi) is 4.71. The van der Waals surface area contributed by atoms with Gasteiger partial charge in [-0.15, -0.1) is 0 Å². The van der Waals surface area contributed by atoms with Gasteiger partial charge >= 0.3 is 0 Å². The molecule has 0 aliphatic carbocycles. The second-order valence-electron chi connectivity index (χ2n) is 5.89. The van der Waals surface area contributed by atoms with Crippen LogP contribution in [0.2, 0.25) is 0 Å². The van der Waals surface area contributed by atoms with Crippen molar-refractivity contribution in [2.24, 2.45) is 5.41 Å². The Morgan fingerprint density at radius 2 is 1.91 bits per heavy atom. The lowest BCUT2D eigenvalue weighted by molar-refractivity contribution is -0.123. The summed E-state index contributed by atoms with van der Waals surface area (Å²) in [5.74, 6) is -0.247. The Balaban J connectivity index is 2.42. The summed E-state index contributed by atoms with van der Waals surface area (Å²) in [7, 11) is 2.90. The maximum Gasteiger partial charge on any atom is 0.280 e. The van der Waals surface area contributed by atoms with Gasteiger partial charge in [0.15, 0.2) is 11.2 Å². The van der Waals surface area contributed by atoms with E-state index in [9.17, 15) is 9.59 Å². The third-order valence-corrected chi connectivity index (χ3v) is 3.02. The van der Waals surface area contributed by atoms with Gasteiger partial charge in [0.25, 0.3) is 5.56 Å². The third kappa shape index (κ3) is 3.69. The molecular formula is C14H19N5O4. The zero-order valence-corrected chi connectivity index (χ0v) is 13.6. The number of rotatable bonds is 4. The van der Waals surface area contributed by atoms with Gasteiger partial charge < -0.3 is 9.47 Å². The van der Waals surface area contributed by atoms with Crippen molar-refractivity contribution in [3.63, 3.8) is 0 Å². The van der Waals surface area contributed by atoms with Crippen LogP contribution < -0.4 is 10.9 Å². The van der Waals surface area contributed by atoms with Crippen LogP contribution in [0.5, 0.6) is 0 Å². The van der Waals surface area contributed by atoms with Crippen LogP contribution in [-0.2, 0) is 14.3 Å². The number of nitrogens with zero attached hydrogens (tertiary/aromatic N) is 3. The molecule has 0 saturated heterocycles. The van der Waals surface area contributed by atoms with Crippen LogP contribution in [0.15, 0.2) is 11.0 Å². The lowest BCUT2D eigenvalue weighted by atomic mass is 9.96. The van der Waals surface area contributed by atoms with E-state index >= 15 is 0 Å². The van der Waals surface area contributed by atoms with Crippen LogP contribution in [0.4, 0.5) is 5.95 Å². The Bertz CT molecular complexity index is 777. The molecule has 2 N–H and O–H groups in total. The number of hydrogen-bond donors (Lipinski definition) is 2. The van der Waals surface area contributed by atoms with Crippen LogP contribution in [-0.4, -0.2) is 40.1 Å².